The first-order chi connectivity index (χ1) is 11.3. The summed E-state index contributed by atoms with van der Waals surface area (Å²) < 4.78 is 26.5. The second-order valence-corrected chi connectivity index (χ2v) is 5.95. The van der Waals surface area contributed by atoms with Crippen LogP contribution < -0.4 is 0 Å². The Morgan fingerprint density at radius 1 is 1.25 bits per heavy atom. The molecule has 2 rings (SSSR count). The zero-order valence-corrected chi connectivity index (χ0v) is 14.2. The Bertz CT molecular complexity index is 584. The standard InChI is InChI=1S/C15H23F2N5O2/c1-11(14(24)21-8-6-20(7-9-21)12(2)23)19(3)10-13-18-4-5-22(13)15(16)17/h4-5,11,15H,6-10H2,1-3H3/t11-/m1/s1. The zero-order chi connectivity index (χ0) is 17.9. The van der Waals surface area contributed by atoms with E-state index in [-0.39, 0.29) is 24.2 Å². The highest BCUT2D eigenvalue weighted by atomic mass is 19.3. The molecular weight excluding hydrogens is 320 g/mol. The summed E-state index contributed by atoms with van der Waals surface area (Å²) in [5.74, 6) is 0.149. The molecule has 0 aliphatic carbocycles. The van der Waals surface area contributed by atoms with Crippen molar-refractivity contribution in [2.24, 2.45) is 0 Å². The lowest BCUT2D eigenvalue weighted by Crippen LogP contribution is -2.54. The average molecular weight is 343 g/mol. The minimum atomic E-state index is -2.65. The number of amides is 2. The number of hydrogen-bond acceptors (Lipinski definition) is 4. The van der Waals surface area contributed by atoms with Crippen LogP contribution in [0.3, 0.4) is 0 Å². The summed E-state index contributed by atoms with van der Waals surface area (Å²) in [4.78, 5) is 32.9. The Morgan fingerprint density at radius 3 is 2.38 bits per heavy atom. The van der Waals surface area contributed by atoms with Gasteiger partial charge >= 0.3 is 6.55 Å². The van der Waals surface area contributed by atoms with Crippen LogP contribution in [0.5, 0.6) is 0 Å². The summed E-state index contributed by atoms with van der Waals surface area (Å²) >= 11 is 0. The van der Waals surface area contributed by atoms with Gasteiger partial charge in [0.2, 0.25) is 11.8 Å². The maximum Gasteiger partial charge on any atom is 0.319 e. The third-order valence-corrected chi connectivity index (χ3v) is 4.41. The van der Waals surface area contributed by atoms with Crippen LogP contribution in [-0.4, -0.2) is 75.3 Å². The summed E-state index contributed by atoms with van der Waals surface area (Å²) in [5, 5.41) is 0. The van der Waals surface area contributed by atoms with Gasteiger partial charge in [0.25, 0.3) is 0 Å². The number of likely N-dealkylation sites (N-methyl/N-ethyl adjacent to an activating group) is 1. The third kappa shape index (κ3) is 4.08. The minimum absolute atomic E-state index is 0.00565. The highest BCUT2D eigenvalue weighted by molar-refractivity contribution is 5.82. The van der Waals surface area contributed by atoms with Crippen LogP contribution in [0.1, 0.15) is 26.2 Å². The molecule has 0 unspecified atom stereocenters. The van der Waals surface area contributed by atoms with Crippen molar-refractivity contribution in [3.05, 3.63) is 18.2 Å². The van der Waals surface area contributed by atoms with E-state index < -0.39 is 12.6 Å². The van der Waals surface area contributed by atoms with Crippen LogP contribution in [0.4, 0.5) is 8.78 Å². The van der Waals surface area contributed by atoms with Gasteiger partial charge in [0, 0.05) is 45.5 Å². The molecular formula is C15H23F2N5O2. The Morgan fingerprint density at radius 2 is 1.83 bits per heavy atom. The molecule has 0 saturated carbocycles. The molecule has 0 radical (unpaired) electrons. The topological polar surface area (TPSA) is 61.7 Å². The molecule has 2 heterocycles. The van der Waals surface area contributed by atoms with Crippen molar-refractivity contribution in [3.63, 3.8) is 0 Å². The number of alkyl halides is 2. The third-order valence-electron chi connectivity index (χ3n) is 4.41. The first-order valence-electron chi connectivity index (χ1n) is 7.85. The van der Waals surface area contributed by atoms with E-state index in [1.54, 1.807) is 28.7 Å². The molecule has 1 aliphatic heterocycles. The van der Waals surface area contributed by atoms with Gasteiger partial charge < -0.3 is 9.80 Å². The fourth-order valence-corrected chi connectivity index (χ4v) is 2.70. The van der Waals surface area contributed by atoms with E-state index in [9.17, 15) is 18.4 Å². The molecule has 1 aliphatic rings. The largest absolute Gasteiger partial charge is 0.339 e. The van der Waals surface area contributed by atoms with Gasteiger partial charge in [0.1, 0.15) is 5.82 Å². The van der Waals surface area contributed by atoms with Gasteiger partial charge in [-0.2, -0.15) is 8.78 Å². The molecule has 1 saturated heterocycles. The molecule has 7 nitrogen and oxygen atoms in total. The Labute approximate surface area is 139 Å². The summed E-state index contributed by atoms with van der Waals surface area (Å²) in [6.45, 7) is 2.78. The van der Waals surface area contributed by atoms with Crippen LogP contribution in [0, 0.1) is 0 Å². The van der Waals surface area contributed by atoms with Gasteiger partial charge in [-0.3, -0.25) is 19.1 Å². The molecule has 0 aromatic carbocycles. The molecule has 1 atom stereocenters. The first-order valence-corrected chi connectivity index (χ1v) is 7.85. The number of aromatic nitrogens is 2. The van der Waals surface area contributed by atoms with Crippen molar-refractivity contribution in [1.29, 1.82) is 0 Å². The summed E-state index contributed by atoms with van der Waals surface area (Å²) in [6, 6.07) is -0.461. The Kier molecular flexibility index (Phi) is 5.87. The molecule has 1 aromatic rings. The van der Waals surface area contributed by atoms with Crippen LogP contribution in [0.2, 0.25) is 0 Å². The number of carbonyl (C=O) groups is 2. The minimum Gasteiger partial charge on any atom is -0.339 e. The van der Waals surface area contributed by atoms with E-state index in [2.05, 4.69) is 4.98 Å². The fourth-order valence-electron chi connectivity index (χ4n) is 2.70. The van der Waals surface area contributed by atoms with Crippen LogP contribution >= 0.6 is 0 Å². The van der Waals surface area contributed by atoms with Gasteiger partial charge in [-0.05, 0) is 14.0 Å². The van der Waals surface area contributed by atoms with E-state index in [1.165, 1.54) is 19.3 Å². The first kappa shape index (κ1) is 18.3. The van der Waals surface area contributed by atoms with Crippen molar-refractivity contribution < 1.29 is 18.4 Å². The number of imidazole rings is 1. The van der Waals surface area contributed by atoms with Crippen molar-refractivity contribution >= 4 is 11.8 Å². The molecule has 24 heavy (non-hydrogen) atoms. The van der Waals surface area contributed by atoms with Crippen LogP contribution in [0.25, 0.3) is 0 Å². The maximum absolute atomic E-state index is 12.9. The van der Waals surface area contributed by atoms with E-state index in [0.29, 0.717) is 26.2 Å². The molecule has 134 valence electrons. The number of carbonyl (C=O) groups excluding carboxylic acids is 2. The number of rotatable bonds is 5. The lowest BCUT2D eigenvalue weighted by Gasteiger charge is -2.37. The number of piperazine rings is 1. The molecule has 1 fully saturated rings. The second-order valence-electron chi connectivity index (χ2n) is 5.95. The smallest absolute Gasteiger partial charge is 0.319 e. The quantitative estimate of drug-likeness (QED) is 0.793. The lowest BCUT2D eigenvalue weighted by atomic mass is 10.2. The van der Waals surface area contributed by atoms with Crippen molar-refractivity contribution in [2.45, 2.75) is 33.0 Å². The van der Waals surface area contributed by atoms with Crippen molar-refractivity contribution in [1.82, 2.24) is 24.3 Å². The van der Waals surface area contributed by atoms with Crippen molar-refractivity contribution in [3.8, 4) is 0 Å². The number of nitrogens with zero attached hydrogens (tertiary/aromatic N) is 5. The number of hydrogen-bond donors (Lipinski definition) is 0. The van der Waals surface area contributed by atoms with Crippen LogP contribution in [-0.2, 0) is 16.1 Å². The maximum atomic E-state index is 12.9. The molecule has 0 N–H and O–H groups in total. The molecule has 0 spiro atoms. The van der Waals surface area contributed by atoms with Gasteiger partial charge in [0.15, 0.2) is 0 Å². The summed E-state index contributed by atoms with van der Waals surface area (Å²) in [7, 11) is 1.71. The zero-order valence-electron chi connectivity index (χ0n) is 14.2. The van der Waals surface area contributed by atoms with E-state index >= 15 is 0 Å². The Balaban J connectivity index is 1.93. The monoisotopic (exact) mass is 343 g/mol. The Hall–Kier alpha value is -2.03. The SMILES string of the molecule is CC(=O)N1CCN(C(=O)[C@@H](C)N(C)Cc2nccn2C(F)F)CC1. The molecule has 9 heteroatoms. The van der Waals surface area contributed by atoms with Gasteiger partial charge in [-0.15, -0.1) is 0 Å². The fraction of sp³-hybridized carbons (Fsp3) is 0.667. The van der Waals surface area contributed by atoms with Gasteiger partial charge in [-0.1, -0.05) is 0 Å². The van der Waals surface area contributed by atoms with Crippen LogP contribution in [0.15, 0.2) is 12.4 Å². The summed E-state index contributed by atoms with van der Waals surface area (Å²) in [6.07, 6.45) is 2.55. The normalized spacial score (nSPS) is 16.8. The number of halogens is 2. The summed E-state index contributed by atoms with van der Waals surface area (Å²) in [5.41, 5.74) is 0. The van der Waals surface area contributed by atoms with Gasteiger partial charge in [-0.25, -0.2) is 4.98 Å². The molecule has 1 aromatic heterocycles. The average Bonchev–Trinajstić information content (AvgIpc) is 3.01. The highest BCUT2D eigenvalue weighted by Crippen LogP contribution is 2.15. The molecule has 2 amide bonds. The highest BCUT2D eigenvalue weighted by Gasteiger charge is 2.28. The predicted octanol–water partition coefficient (Wildman–Crippen LogP) is 0.789. The van der Waals surface area contributed by atoms with E-state index in [0.717, 1.165) is 4.57 Å². The predicted molar refractivity (Wildman–Crippen MR) is 83.2 cm³/mol. The van der Waals surface area contributed by atoms with Crippen molar-refractivity contribution in [2.75, 3.05) is 33.2 Å². The van der Waals surface area contributed by atoms with Gasteiger partial charge in [0.05, 0.1) is 12.6 Å². The molecule has 0 bridgehead atoms. The van der Waals surface area contributed by atoms with E-state index in [1.807, 2.05) is 0 Å². The van der Waals surface area contributed by atoms with E-state index in [4.69, 9.17) is 0 Å². The lowest BCUT2D eigenvalue weighted by molar-refractivity contribution is -0.141. The second kappa shape index (κ2) is 7.69.